The van der Waals surface area contributed by atoms with Crippen molar-refractivity contribution in [2.24, 2.45) is 4.99 Å². The number of rotatable bonds is 5. The Balaban J connectivity index is 1.54. The zero-order valence-electron chi connectivity index (χ0n) is 11.2. The minimum absolute atomic E-state index is 0.576. The maximum absolute atomic E-state index is 4.36. The lowest BCUT2D eigenvalue weighted by Crippen LogP contribution is -2.16. The molecule has 6 heteroatoms. The second kappa shape index (κ2) is 6.56. The molecule has 1 fully saturated rings. The van der Waals surface area contributed by atoms with E-state index < -0.39 is 0 Å². The van der Waals surface area contributed by atoms with Crippen molar-refractivity contribution in [2.75, 3.05) is 13.1 Å². The molecule has 2 aromatic rings. The van der Waals surface area contributed by atoms with E-state index in [0.717, 1.165) is 24.0 Å². The van der Waals surface area contributed by atoms with Crippen molar-refractivity contribution < 1.29 is 0 Å². The fourth-order valence-corrected chi connectivity index (χ4v) is 2.83. The van der Waals surface area contributed by atoms with Crippen LogP contribution in [0.4, 0.5) is 5.95 Å². The normalized spacial score (nSPS) is 15.3. The molecule has 0 bridgehead atoms. The van der Waals surface area contributed by atoms with E-state index in [-0.39, 0.29) is 0 Å². The highest BCUT2D eigenvalue weighted by Crippen LogP contribution is 2.20. The molecule has 104 valence electrons. The summed E-state index contributed by atoms with van der Waals surface area (Å²) in [6, 6.07) is 10.3. The second-order valence-corrected chi connectivity index (χ2v) is 5.65. The Bertz CT molecular complexity index is 560. The highest BCUT2D eigenvalue weighted by atomic mass is 32.2. The smallest absolute Gasteiger partial charge is 0.247 e. The molecule has 1 aromatic carbocycles. The molecule has 0 saturated carbocycles. The van der Waals surface area contributed by atoms with Crippen molar-refractivity contribution in [1.29, 1.82) is 0 Å². The Kier molecular flexibility index (Phi) is 4.32. The number of aliphatic imine (C=N–C) groups is 1. The zero-order chi connectivity index (χ0) is 13.6. The molecular weight excluding hydrogens is 270 g/mol. The number of H-pyrrole nitrogens is 1. The zero-order valence-corrected chi connectivity index (χ0v) is 12.0. The second-order valence-electron chi connectivity index (χ2n) is 4.70. The fraction of sp³-hybridized carbons (Fsp3) is 0.357. The molecule has 1 aromatic heterocycles. The predicted octanol–water partition coefficient (Wildman–Crippen LogP) is 2.85. The molecule has 0 unspecified atom stereocenters. The summed E-state index contributed by atoms with van der Waals surface area (Å²) in [4.78, 5) is 10.9. The highest BCUT2D eigenvalue weighted by Gasteiger charge is 2.08. The summed E-state index contributed by atoms with van der Waals surface area (Å²) in [5.74, 6) is 1.45. The number of benzene rings is 1. The Morgan fingerprint density at radius 2 is 2.05 bits per heavy atom. The van der Waals surface area contributed by atoms with Crippen LogP contribution in [0.5, 0.6) is 0 Å². The van der Waals surface area contributed by atoms with E-state index in [1.807, 2.05) is 24.5 Å². The molecule has 0 spiro atoms. The van der Waals surface area contributed by atoms with Crippen molar-refractivity contribution >= 4 is 24.0 Å². The van der Waals surface area contributed by atoms with E-state index in [2.05, 4.69) is 37.2 Å². The number of hydrogen-bond acceptors (Lipinski definition) is 4. The van der Waals surface area contributed by atoms with Gasteiger partial charge in [-0.2, -0.15) is 4.98 Å². The summed E-state index contributed by atoms with van der Waals surface area (Å²) in [5.41, 5.74) is 1.27. The fourth-order valence-electron chi connectivity index (χ4n) is 2.08. The molecule has 1 aliphatic rings. The van der Waals surface area contributed by atoms with Gasteiger partial charge >= 0.3 is 0 Å². The number of nitrogens with one attached hydrogen (secondary N) is 1. The maximum atomic E-state index is 4.36. The van der Waals surface area contributed by atoms with Crippen molar-refractivity contribution in [2.45, 2.75) is 23.8 Å². The Morgan fingerprint density at radius 3 is 2.85 bits per heavy atom. The Morgan fingerprint density at radius 1 is 1.25 bits per heavy atom. The third-order valence-corrected chi connectivity index (χ3v) is 4.07. The number of thioether (sulfide) groups is 1. The van der Waals surface area contributed by atoms with Gasteiger partial charge in [-0.1, -0.05) is 42.1 Å². The van der Waals surface area contributed by atoms with Gasteiger partial charge in [-0.25, -0.2) is 10.1 Å². The van der Waals surface area contributed by atoms with E-state index in [0.29, 0.717) is 5.95 Å². The highest BCUT2D eigenvalue weighted by molar-refractivity contribution is 7.98. The Labute approximate surface area is 122 Å². The van der Waals surface area contributed by atoms with E-state index in [9.17, 15) is 0 Å². The lowest BCUT2D eigenvalue weighted by atomic mass is 10.2. The number of nitrogens with zero attached hydrogens (tertiary/aromatic N) is 4. The first kappa shape index (κ1) is 13.2. The van der Waals surface area contributed by atoms with Crippen LogP contribution in [0, 0.1) is 0 Å². The van der Waals surface area contributed by atoms with Crippen LogP contribution in [0.15, 0.2) is 40.5 Å². The van der Waals surface area contributed by atoms with Crippen LogP contribution in [0.1, 0.15) is 18.4 Å². The third kappa shape index (κ3) is 3.60. The van der Waals surface area contributed by atoms with Crippen LogP contribution in [-0.2, 0) is 5.75 Å². The molecule has 1 aliphatic heterocycles. The van der Waals surface area contributed by atoms with Gasteiger partial charge in [-0.3, -0.25) is 0 Å². The van der Waals surface area contributed by atoms with Crippen molar-refractivity contribution in [3.05, 3.63) is 35.9 Å². The standard InChI is InChI=1S/C14H17N5S/c1-2-6-12(7-3-1)10-20-14-16-13(17-18-14)15-11-19-8-4-5-9-19/h1-3,6-7,11H,4-5,8-10H2,(H,16,17,18)/b15-11+. The summed E-state index contributed by atoms with van der Waals surface area (Å²) in [7, 11) is 0. The van der Waals surface area contributed by atoms with Gasteiger partial charge in [0.1, 0.15) is 0 Å². The van der Waals surface area contributed by atoms with Gasteiger partial charge in [0, 0.05) is 18.8 Å². The molecule has 0 aliphatic carbocycles. The van der Waals surface area contributed by atoms with Crippen LogP contribution in [0.2, 0.25) is 0 Å². The molecule has 0 amide bonds. The molecule has 2 heterocycles. The van der Waals surface area contributed by atoms with E-state index in [1.165, 1.54) is 18.4 Å². The molecule has 20 heavy (non-hydrogen) atoms. The lowest BCUT2D eigenvalue weighted by molar-refractivity contribution is 0.535. The average molecular weight is 287 g/mol. The van der Waals surface area contributed by atoms with Gasteiger partial charge in [-0.05, 0) is 18.4 Å². The third-order valence-electron chi connectivity index (χ3n) is 3.15. The van der Waals surface area contributed by atoms with Gasteiger partial charge in [0.25, 0.3) is 0 Å². The SMILES string of the molecule is C(=N\c1nc(SCc2ccccc2)n[nH]1)/N1CCCC1. The molecule has 5 nitrogen and oxygen atoms in total. The Hall–Kier alpha value is -1.82. The summed E-state index contributed by atoms with van der Waals surface area (Å²) in [6.45, 7) is 2.18. The minimum Gasteiger partial charge on any atom is -0.362 e. The van der Waals surface area contributed by atoms with Crippen LogP contribution in [-0.4, -0.2) is 39.5 Å². The summed E-state index contributed by atoms with van der Waals surface area (Å²) in [5, 5.41) is 7.77. The van der Waals surface area contributed by atoms with Crippen molar-refractivity contribution in [3.8, 4) is 0 Å². The molecule has 3 rings (SSSR count). The number of aromatic nitrogens is 3. The summed E-state index contributed by atoms with van der Waals surface area (Å²) in [6.07, 6.45) is 4.36. The van der Waals surface area contributed by atoms with Gasteiger partial charge < -0.3 is 4.90 Å². The molecule has 1 saturated heterocycles. The maximum Gasteiger partial charge on any atom is 0.247 e. The number of likely N-dealkylation sites (tertiary alicyclic amines) is 1. The first-order valence-electron chi connectivity index (χ1n) is 6.77. The van der Waals surface area contributed by atoms with E-state index in [4.69, 9.17) is 0 Å². The summed E-state index contributed by atoms with van der Waals surface area (Å²) >= 11 is 1.61. The minimum atomic E-state index is 0.576. The average Bonchev–Trinajstić information content (AvgIpc) is 3.16. The van der Waals surface area contributed by atoms with E-state index >= 15 is 0 Å². The van der Waals surface area contributed by atoms with Gasteiger partial charge in [0.15, 0.2) is 0 Å². The van der Waals surface area contributed by atoms with Crippen LogP contribution in [0.25, 0.3) is 0 Å². The molecule has 1 N–H and O–H groups in total. The van der Waals surface area contributed by atoms with Crippen LogP contribution >= 0.6 is 11.8 Å². The molecule has 0 radical (unpaired) electrons. The van der Waals surface area contributed by atoms with Gasteiger partial charge in [-0.15, -0.1) is 5.10 Å². The van der Waals surface area contributed by atoms with E-state index in [1.54, 1.807) is 11.8 Å². The first-order valence-corrected chi connectivity index (χ1v) is 7.76. The molecule has 0 atom stereocenters. The predicted molar refractivity (Wildman–Crippen MR) is 81.3 cm³/mol. The first-order chi connectivity index (χ1) is 9.90. The summed E-state index contributed by atoms with van der Waals surface area (Å²) < 4.78 is 0. The van der Waals surface area contributed by atoms with Gasteiger partial charge in [0.05, 0.1) is 6.34 Å². The quantitative estimate of drug-likeness (QED) is 0.522. The van der Waals surface area contributed by atoms with Crippen molar-refractivity contribution in [3.63, 3.8) is 0 Å². The lowest BCUT2D eigenvalue weighted by Gasteiger charge is -2.07. The number of hydrogen-bond donors (Lipinski definition) is 1. The van der Waals surface area contributed by atoms with Crippen LogP contribution < -0.4 is 0 Å². The van der Waals surface area contributed by atoms with Gasteiger partial charge in [0.2, 0.25) is 11.1 Å². The topological polar surface area (TPSA) is 57.2 Å². The van der Waals surface area contributed by atoms with Crippen LogP contribution in [0.3, 0.4) is 0 Å². The number of aromatic amines is 1. The van der Waals surface area contributed by atoms with Crippen molar-refractivity contribution in [1.82, 2.24) is 20.1 Å². The molecular formula is C14H17N5S. The largest absolute Gasteiger partial charge is 0.362 e. The monoisotopic (exact) mass is 287 g/mol.